The molecule has 0 bridgehead atoms. The average molecular weight is 347 g/mol. The van der Waals surface area contributed by atoms with Crippen LogP contribution in [0.15, 0.2) is 24.3 Å². The van der Waals surface area contributed by atoms with Crippen LogP contribution in [0.4, 0.5) is 5.69 Å². The zero-order valence-electron chi connectivity index (χ0n) is 12.9. The van der Waals surface area contributed by atoms with Gasteiger partial charge in [-0.3, -0.25) is 4.79 Å². The van der Waals surface area contributed by atoms with Crippen molar-refractivity contribution in [1.29, 1.82) is 0 Å². The third-order valence-electron chi connectivity index (χ3n) is 3.58. The highest BCUT2D eigenvalue weighted by Crippen LogP contribution is 2.29. The van der Waals surface area contributed by atoms with Crippen LogP contribution >= 0.6 is 12.4 Å². The highest BCUT2D eigenvalue weighted by molar-refractivity contribution is 7.90. The van der Waals surface area contributed by atoms with Crippen LogP contribution in [-0.2, 0) is 21.1 Å². The lowest BCUT2D eigenvalue weighted by atomic mass is 10.1. The minimum Gasteiger partial charge on any atom is -0.399 e. The van der Waals surface area contributed by atoms with E-state index in [4.69, 9.17) is 5.73 Å². The minimum absolute atomic E-state index is 0. The van der Waals surface area contributed by atoms with E-state index in [-0.39, 0.29) is 42.6 Å². The summed E-state index contributed by atoms with van der Waals surface area (Å²) in [5.74, 6) is -0.00446. The van der Waals surface area contributed by atoms with Crippen LogP contribution in [0.25, 0.3) is 0 Å². The summed E-state index contributed by atoms with van der Waals surface area (Å²) in [5.41, 5.74) is 7.19. The quantitative estimate of drug-likeness (QED) is 0.794. The van der Waals surface area contributed by atoms with Crippen LogP contribution in [0.5, 0.6) is 0 Å². The molecule has 1 fully saturated rings. The molecule has 0 saturated heterocycles. The number of benzene rings is 1. The van der Waals surface area contributed by atoms with Crippen molar-refractivity contribution in [2.75, 3.05) is 17.7 Å². The van der Waals surface area contributed by atoms with Crippen molar-refractivity contribution in [3.8, 4) is 0 Å². The summed E-state index contributed by atoms with van der Waals surface area (Å²) in [5, 5.41) is 0. The predicted octanol–water partition coefficient (Wildman–Crippen LogP) is 1.66. The Morgan fingerprint density at radius 1 is 1.32 bits per heavy atom. The van der Waals surface area contributed by atoms with E-state index < -0.39 is 9.84 Å². The molecule has 0 heterocycles. The van der Waals surface area contributed by atoms with Gasteiger partial charge in [-0.25, -0.2) is 8.42 Å². The van der Waals surface area contributed by atoms with Gasteiger partial charge in [-0.05, 0) is 37.5 Å². The predicted molar refractivity (Wildman–Crippen MR) is 90.8 cm³/mol. The van der Waals surface area contributed by atoms with Crippen molar-refractivity contribution in [1.82, 2.24) is 4.90 Å². The molecule has 1 aromatic carbocycles. The Morgan fingerprint density at radius 3 is 2.32 bits per heavy atom. The normalized spacial score (nSPS) is 15.7. The number of nitrogens with zero attached hydrogens (tertiary/aromatic N) is 1. The first kappa shape index (κ1) is 18.8. The van der Waals surface area contributed by atoms with Crippen molar-refractivity contribution >= 4 is 33.8 Å². The van der Waals surface area contributed by atoms with E-state index in [0.29, 0.717) is 5.69 Å². The Kier molecular flexibility index (Phi) is 6.26. The van der Waals surface area contributed by atoms with Crippen LogP contribution in [0, 0.1) is 0 Å². The first-order chi connectivity index (χ1) is 9.76. The van der Waals surface area contributed by atoms with Crippen molar-refractivity contribution in [3.63, 3.8) is 0 Å². The van der Waals surface area contributed by atoms with Crippen molar-refractivity contribution < 1.29 is 13.2 Å². The van der Waals surface area contributed by atoms with Gasteiger partial charge in [0.1, 0.15) is 9.84 Å². The molecule has 1 aliphatic rings. The maximum atomic E-state index is 12.5. The van der Waals surface area contributed by atoms with Gasteiger partial charge in [-0.2, -0.15) is 0 Å². The van der Waals surface area contributed by atoms with Crippen molar-refractivity contribution in [3.05, 3.63) is 29.8 Å². The van der Waals surface area contributed by atoms with Gasteiger partial charge >= 0.3 is 0 Å². The number of hydrogen-bond donors (Lipinski definition) is 1. The van der Waals surface area contributed by atoms with Gasteiger partial charge in [0.25, 0.3) is 0 Å². The topological polar surface area (TPSA) is 80.5 Å². The molecule has 22 heavy (non-hydrogen) atoms. The molecule has 5 nitrogen and oxygen atoms in total. The Balaban J connectivity index is 0.00000242. The van der Waals surface area contributed by atoms with Gasteiger partial charge in [0, 0.05) is 24.0 Å². The molecule has 0 radical (unpaired) electrons. The number of hydrogen-bond acceptors (Lipinski definition) is 4. The maximum absolute atomic E-state index is 12.5. The highest BCUT2D eigenvalue weighted by Gasteiger charge is 2.36. The van der Waals surface area contributed by atoms with Crippen LogP contribution < -0.4 is 5.73 Å². The van der Waals surface area contributed by atoms with E-state index in [0.717, 1.165) is 18.4 Å². The number of anilines is 1. The van der Waals surface area contributed by atoms with Gasteiger partial charge in [0.15, 0.2) is 0 Å². The SMILES string of the molecule is CC(CS(C)(=O)=O)N(C(=O)Cc1ccc(N)cc1)C1CC1.Cl. The molecule has 1 aromatic rings. The Hall–Kier alpha value is -1.27. The number of carbonyl (C=O) groups excluding carboxylic acids is 1. The summed E-state index contributed by atoms with van der Waals surface area (Å²) in [7, 11) is -3.10. The Labute approximate surface area is 138 Å². The second-order valence-corrected chi connectivity index (χ2v) is 8.08. The van der Waals surface area contributed by atoms with Gasteiger partial charge in [-0.1, -0.05) is 12.1 Å². The summed E-state index contributed by atoms with van der Waals surface area (Å²) >= 11 is 0. The number of halogens is 1. The van der Waals surface area contributed by atoms with Gasteiger partial charge < -0.3 is 10.6 Å². The van der Waals surface area contributed by atoms with Crippen LogP contribution in [0.2, 0.25) is 0 Å². The van der Waals surface area contributed by atoms with E-state index in [1.165, 1.54) is 6.26 Å². The summed E-state index contributed by atoms with van der Waals surface area (Å²) < 4.78 is 22.9. The molecule has 1 unspecified atom stereocenters. The maximum Gasteiger partial charge on any atom is 0.227 e. The lowest BCUT2D eigenvalue weighted by Gasteiger charge is -2.29. The zero-order chi connectivity index (χ0) is 15.6. The Bertz CT molecular complexity index is 612. The number of carbonyl (C=O) groups is 1. The summed E-state index contributed by atoms with van der Waals surface area (Å²) in [6.45, 7) is 1.81. The lowest BCUT2D eigenvalue weighted by molar-refractivity contribution is -0.132. The smallest absolute Gasteiger partial charge is 0.227 e. The molecule has 2 N–H and O–H groups in total. The fraction of sp³-hybridized carbons (Fsp3) is 0.533. The molecule has 0 spiro atoms. The number of nitrogens with two attached hydrogens (primary N) is 1. The van der Waals surface area contributed by atoms with E-state index >= 15 is 0 Å². The fourth-order valence-electron chi connectivity index (χ4n) is 2.58. The average Bonchev–Trinajstić information content (AvgIpc) is 3.14. The molecular formula is C15H23ClN2O3S. The minimum atomic E-state index is -3.10. The summed E-state index contributed by atoms with van der Waals surface area (Å²) in [6, 6.07) is 7.12. The molecular weight excluding hydrogens is 324 g/mol. The zero-order valence-corrected chi connectivity index (χ0v) is 14.5. The molecule has 0 aliphatic heterocycles. The van der Waals surface area contributed by atoms with Gasteiger partial charge in [0.05, 0.1) is 12.2 Å². The molecule has 0 aromatic heterocycles. The second-order valence-electron chi connectivity index (χ2n) is 5.89. The monoisotopic (exact) mass is 346 g/mol. The number of sulfone groups is 1. The van der Waals surface area contributed by atoms with E-state index in [9.17, 15) is 13.2 Å². The lowest BCUT2D eigenvalue weighted by Crippen LogP contribution is -2.44. The first-order valence-electron chi connectivity index (χ1n) is 7.09. The third-order valence-corrected chi connectivity index (χ3v) is 4.67. The van der Waals surface area contributed by atoms with E-state index in [1.54, 1.807) is 24.0 Å². The molecule has 7 heteroatoms. The molecule has 1 aliphatic carbocycles. The van der Waals surface area contributed by atoms with Gasteiger partial charge in [0.2, 0.25) is 5.91 Å². The standard InChI is InChI=1S/C15H22N2O3S.ClH/c1-11(10-21(2,19)20)17(14-7-8-14)15(18)9-12-3-5-13(16)6-4-12;/h3-6,11,14H,7-10,16H2,1-2H3;1H. The molecule has 2 rings (SSSR count). The Morgan fingerprint density at radius 2 is 1.86 bits per heavy atom. The molecule has 1 atom stereocenters. The van der Waals surface area contributed by atoms with Crippen LogP contribution in [0.3, 0.4) is 0 Å². The number of amides is 1. The van der Waals surface area contributed by atoms with Crippen LogP contribution in [-0.4, -0.2) is 43.3 Å². The third kappa shape index (κ3) is 5.50. The van der Waals surface area contributed by atoms with E-state index in [1.807, 2.05) is 12.1 Å². The molecule has 1 saturated carbocycles. The summed E-state index contributed by atoms with van der Waals surface area (Å²) in [4.78, 5) is 14.3. The van der Waals surface area contributed by atoms with Gasteiger partial charge in [-0.15, -0.1) is 12.4 Å². The largest absolute Gasteiger partial charge is 0.399 e. The molecule has 1 amide bonds. The van der Waals surface area contributed by atoms with E-state index in [2.05, 4.69) is 0 Å². The van der Waals surface area contributed by atoms with Crippen molar-refractivity contribution in [2.45, 2.75) is 38.3 Å². The van der Waals surface area contributed by atoms with Crippen LogP contribution in [0.1, 0.15) is 25.3 Å². The first-order valence-corrected chi connectivity index (χ1v) is 9.15. The highest BCUT2D eigenvalue weighted by atomic mass is 35.5. The summed E-state index contributed by atoms with van der Waals surface area (Å²) in [6.07, 6.45) is 3.41. The van der Waals surface area contributed by atoms with Crippen molar-refractivity contribution in [2.24, 2.45) is 0 Å². The number of rotatable bonds is 6. The number of nitrogen functional groups attached to an aromatic ring is 1. The fourth-order valence-corrected chi connectivity index (χ4v) is 3.62. The second kappa shape index (κ2) is 7.33. The molecule has 124 valence electrons.